The summed E-state index contributed by atoms with van der Waals surface area (Å²) in [7, 11) is 0. The summed E-state index contributed by atoms with van der Waals surface area (Å²) in [6, 6.07) is 5.55. The maximum Gasteiger partial charge on any atom is 0.311 e. The van der Waals surface area contributed by atoms with Crippen LogP contribution < -0.4 is 10.5 Å². The molecule has 7 heteroatoms. The smallest absolute Gasteiger partial charge is 0.311 e. The number of hydrogen-bond donors (Lipinski definition) is 1. The fourth-order valence-electron chi connectivity index (χ4n) is 3.63. The van der Waals surface area contributed by atoms with E-state index in [9.17, 15) is 14.9 Å². The lowest BCUT2D eigenvalue weighted by atomic mass is 9.82. The van der Waals surface area contributed by atoms with Gasteiger partial charge in [-0.3, -0.25) is 14.9 Å². The Morgan fingerprint density at radius 1 is 1.00 bits per heavy atom. The summed E-state index contributed by atoms with van der Waals surface area (Å²) in [5.74, 6) is 0.00895. The van der Waals surface area contributed by atoms with Crippen LogP contribution in [-0.2, 0) is 4.79 Å². The number of unbranched alkanes of at least 4 members (excludes halogenated alkanes) is 9. The molecule has 6 nitrogen and oxygen atoms in total. The molecule has 0 aliphatic carbocycles. The minimum absolute atomic E-state index is 0. The van der Waals surface area contributed by atoms with Crippen molar-refractivity contribution in [3.05, 3.63) is 34.4 Å². The first kappa shape index (κ1) is 29.5. The summed E-state index contributed by atoms with van der Waals surface area (Å²) in [6.45, 7) is 6.14. The zero-order valence-electron chi connectivity index (χ0n) is 19.4. The Hall–Kier alpha value is -1.47. The lowest BCUT2D eigenvalue weighted by molar-refractivity contribution is -0.384. The van der Waals surface area contributed by atoms with Gasteiger partial charge in [0.15, 0.2) is 0 Å². The zero-order chi connectivity index (χ0) is 22.4. The van der Waals surface area contributed by atoms with Gasteiger partial charge in [0.05, 0.1) is 11.3 Å². The van der Waals surface area contributed by atoms with Gasteiger partial charge in [-0.1, -0.05) is 71.1 Å². The van der Waals surface area contributed by atoms with Crippen LogP contribution in [0.15, 0.2) is 24.3 Å². The molecule has 1 unspecified atom stereocenters. The number of carbonyl (C=O) groups is 1. The van der Waals surface area contributed by atoms with Gasteiger partial charge in [0.1, 0.15) is 5.75 Å². The summed E-state index contributed by atoms with van der Waals surface area (Å²) in [5.41, 5.74) is 5.82. The second-order valence-electron chi connectivity index (χ2n) is 8.92. The minimum atomic E-state index is -0.481. The maximum atomic E-state index is 12.4. The van der Waals surface area contributed by atoms with Crippen LogP contribution in [0.3, 0.4) is 0 Å². The molecule has 0 fully saturated rings. The number of rotatable bonds is 16. The van der Waals surface area contributed by atoms with E-state index in [4.69, 9.17) is 10.5 Å². The van der Waals surface area contributed by atoms with Gasteiger partial charge < -0.3 is 10.5 Å². The van der Waals surface area contributed by atoms with Gasteiger partial charge in [0.2, 0.25) is 0 Å². The Balaban J connectivity index is 0.00000900. The van der Waals surface area contributed by atoms with Gasteiger partial charge in [0, 0.05) is 17.7 Å². The van der Waals surface area contributed by atoms with Crippen molar-refractivity contribution in [2.75, 3.05) is 0 Å². The summed E-state index contributed by atoms with van der Waals surface area (Å²) in [5, 5.41) is 10.7. The number of hydrogen-bond acceptors (Lipinski definition) is 5. The predicted molar refractivity (Wildman–Crippen MR) is 132 cm³/mol. The van der Waals surface area contributed by atoms with Crippen molar-refractivity contribution < 1.29 is 14.5 Å². The van der Waals surface area contributed by atoms with Crippen molar-refractivity contribution in [2.24, 2.45) is 11.7 Å². The van der Waals surface area contributed by atoms with Gasteiger partial charge in [-0.15, -0.1) is 17.0 Å². The number of nitro groups is 1. The molecular formula is C24H41BrN2O4. The van der Waals surface area contributed by atoms with Crippen LogP contribution in [0.4, 0.5) is 5.69 Å². The highest BCUT2D eigenvalue weighted by Gasteiger charge is 2.28. The average molecular weight is 502 g/mol. The molecule has 1 atom stereocenters. The molecule has 0 aromatic heterocycles. The van der Waals surface area contributed by atoms with Crippen LogP contribution >= 0.6 is 17.0 Å². The summed E-state index contributed by atoms with van der Waals surface area (Å²) >= 11 is 0. The minimum Gasteiger partial charge on any atom is -0.427 e. The van der Waals surface area contributed by atoms with Gasteiger partial charge in [-0.2, -0.15) is 0 Å². The van der Waals surface area contributed by atoms with Gasteiger partial charge in [0.25, 0.3) is 5.69 Å². The summed E-state index contributed by atoms with van der Waals surface area (Å²) in [4.78, 5) is 22.6. The molecular weight excluding hydrogens is 460 g/mol. The molecule has 0 heterocycles. The number of nitro benzene ring substituents is 1. The van der Waals surface area contributed by atoms with Crippen molar-refractivity contribution in [3.8, 4) is 5.75 Å². The van der Waals surface area contributed by atoms with Crippen LogP contribution in [0, 0.1) is 16.0 Å². The van der Waals surface area contributed by atoms with Crippen molar-refractivity contribution >= 4 is 28.6 Å². The Morgan fingerprint density at radius 2 is 1.48 bits per heavy atom. The van der Waals surface area contributed by atoms with E-state index < -0.39 is 10.5 Å². The average Bonchev–Trinajstić information content (AvgIpc) is 2.68. The number of carbonyl (C=O) groups excluding carboxylic acids is 1. The molecule has 0 saturated heterocycles. The fourth-order valence-corrected chi connectivity index (χ4v) is 3.63. The van der Waals surface area contributed by atoms with E-state index in [1.54, 1.807) is 0 Å². The first-order valence-corrected chi connectivity index (χ1v) is 11.5. The third-order valence-corrected chi connectivity index (χ3v) is 5.65. The number of esters is 1. The lowest BCUT2D eigenvalue weighted by Crippen LogP contribution is -2.42. The van der Waals surface area contributed by atoms with Crippen LogP contribution in [0.5, 0.6) is 5.75 Å². The van der Waals surface area contributed by atoms with Crippen molar-refractivity contribution in [1.82, 2.24) is 0 Å². The van der Waals surface area contributed by atoms with Crippen molar-refractivity contribution in [3.63, 3.8) is 0 Å². The number of ether oxygens (including phenoxy) is 1. The van der Waals surface area contributed by atoms with Crippen LogP contribution in [0.2, 0.25) is 0 Å². The largest absolute Gasteiger partial charge is 0.427 e. The standard InChI is InChI=1S/C24H40N2O4.BrH/c1-4-5-6-7-8-9-10-11-12-13-14-20(24(2,3)25)19-23(27)30-22-17-15-21(16-18-22)26(28)29;/h15-18,20H,4-14,19,25H2,1-3H3;1H. The Bertz CT molecular complexity index is 629. The molecule has 0 spiro atoms. The topological polar surface area (TPSA) is 95.5 Å². The Labute approximate surface area is 198 Å². The molecule has 178 valence electrons. The number of benzene rings is 1. The lowest BCUT2D eigenvalue weighted by Gasteiger charge is -2.30. The highest BCUT2D eigenvalue weighted by atomic mass is 79.9. The highest BCUT2D eigenvalue weighted by molar-refractivity contribution is 8.93. The van der Waals surface area contributed by atoms with Crippen molar-refractivity contribution in [2.45, 2.75) is 103 Å². The second-order valence-corrected chi connectivity index (χ2v) is 8.92. The molecule has 0 aliphatic heterocycles. The van der Waals surface area contributed by atoms with Crippen LogP contribution in [0.1, 0.15) is 97.8 Å². The predicted octanol–water partition coefficient (Wildman–Crippen LogP) is 7.13. The fraction of sp³-hybridized carbons (Fsp3) is 0.708. The van der Waals surface area contributed by atoms with Gasteiger partial charge in [-0.05, 0) is 38.3 Å². The molecule has 31 heavy (non-hydrogen) atoms. The van der Waals surface area contributed by atoms with E-state index in [0.29, 0.717) is 5.75 Å². The highest BCUT2D eigenvalue weighted by Crippen LogP contribution is 2.26. The van der Waals surface area contributed by atoms with E-state index >= 15 is 0 Å². The van der Waals surface area contributed by atoms with E-state index in [0.717, 1.165) is 12.8 Å². The molecule has 1 aromatic carbocycles. The maximum absolute atomic E-state index is 12.4. The van der Waals surface area contributed by atoms with E-state index in [-0.39, 0.29) is 41.0 Å². The van der Waals surface area contributed by atoms with Crippen LogP contribution in [-0.4, -0.2) is 16.4 Å². The van der Waals surface area contributed by atoms with E-state index in [1.165, 1.54) is 82.1 Å². The normalized spacial score (nSPS) is 12.1. The number of halogens is 1. The molecule has 1 aromatic rings. The summed E-state index contributed by atoms with van der Waals surface area (Å²) < 4.78 is 5.36. The number of nitrogens with zero attached hydrogens (tertiary/aromatic N) is 1. The quantitative estimate of drug-likeness (QED) is 0.0854. The molecule has 0 amide bonds. The van der Waals surface area contributed by atoms with Gasteiger partial charge >= 0.3 is 5.97 Å². The number of non-ortho nitro benzene ring substituents is 1. The van der Waals surface area contributed by atoms with Crippen LogP contribution in [0.25, 0.3) is 0 Å². The van der Waals surface area contributed by atoms with E-state index in [1.807, 2.05) is 13.8 Å². The molecule has 0 saturated carbocycles. The second kappa shape index (κ2) is 16.2. The Kier molecular flexibility index (Phi) is 15.4. The molecule has 0 bridgehead atoms. The molecule has 0 radical (unpaired) electrons. The number of nitrogens with two attached hydrogens (primary N) is 1. The molecule has 0 aliphatic rings. The first-order chi connectivity index (χ1) is 14.2. The Morgan fingerprint density at radius 3 is 1.94 bits per heavy atom. The zero-order valence-corrected chi connectivity index (χ0v) is 21.2. The summed E-state index contributed by atoms with van der Waals surface area (Å²) in [6.07, 6.45) is 13.9. The SMILES string of the molecule is Br.CCCCCCCCCCCCC(CC(=O)Oc1ccc([N+](=O)[O-])cc1)C(C)(C)N. The molecule has 1 rings (SSSR count). The monoisotopic (exact) mass is 500 g/mol. The third kappa shape index (κ3) is 13.5. The van der Waals surface area contributed by atoms with Crippen molar-refractivity contribution in [1.29, 1.82) is 0 Å². The first-order valence-electron chi connectivity index (χ1n) is 11.5. The van der Waals surface area contributed by atoms with E-state index in [2.05, 4.69) is 6.92 Å². The van der Waals surface area contributed by atoms with Gasteiger partial charge in [-0.25, -0.2) is 0 Å². The molecule has 2 N–H and O–H groups in total. The third-order valence-electron chi connectivity index (χ3n) is 5.65.